The minimum atomic E-state index is -0.716. The van der Waals surface area contributed by atoms with Gasteiger partial charge in [-0.1, -0.05) is 23.7 Å². The van der Waals surface area contributed by atoms with E-state index in [4.69, 9.17) is 21.0 Å². The summed E-state index contributed by atoms with van der Waals surface area (Å²) in [6.07, 6.45) is 0.775. The standard InChI is InChI=1S/C21H17ClF2N4O/c1-27-17-10-28(11-19-26-20-15(24)8-12(23)9-18(20)29-19)7-6-16(17)25-21(27)13-4-2-3-5-14(13)22/h2-5,8-9H,6-7,10-11H2,1H3. The van der Waals surface area contributed by atoms with Crippen LogP contribution in [-0.2, 0) is 26.6 Å². The van der Waals surface area contributed by atoms with Crippen LogP contribution in [0.25, 0.3) is 22.5 Å². The van der Waals surface area contributed by atoms with E-state index in [-0.39, 0.29) is 11.1 Å². The van der Waals surface area contributed by atoms with Crippen molar-refractivity contribution in [2.45, 2.75) is 19.5 Å². The number of imidazole rings is 1. The number of oxazole rings is 1. The van der Waals surface area contributed by atoms with Gasteiger partial charge >= 0.3 is 0 Å². The lowest BCUT2D eigenvalue weighted by Gasteiger charge is -2.25. The van der Waals surface area contributed by atoms with Gasteiger partial charge in [-0.05, 0) is 12.1 Å². The van der Waals surface area contributed by atoms with E-state index in [0.29, 0.717) is 24.0 Å². The normalized spacial score (nSPS) is 14.5. The van der Waals surface area contributed by atoms with Gasteiger partial charge in [0.25, 0.3) is 0 Å². The van der Waals surface area contributed by atoms with Gasteiger partial charge in [-0.15, -0.1) is 0 Å². The van der Waals surface area contributed by atoms with E-state index in [2.05, 4.69) is 14.5 Å². The summed E-state index contributed by atoms with van der Waals surface area (Å²) in [5.41, 5.74) is 3.22. The Labute approximate surface area is 170 Å². The van der Waals surface area contributed by atoms with Crippen LogP contribution in [0.2, 0.25) is 5.02 Å². The minimum absolute atomic E-state index is 0.0561. The Balaban J connectivity index is 1.42. The van der Waals surface area contributed by atoms with Crippen molar-refractivity contribution in [1.29, 1.82) is 0 Å². The quantitative estimate of drug-likeness (QED) is 0.486. The molecule has 0 fully saturated rings. The van der Waals surface area contributed by atoms with Crippen LogP contribution < -0.4 is 0 Å². The number of fused-ring (bicyclic) bond motifs is 2. The summed E-state index contributed by atoms with van der Waals surface area (Å²) in [5.74, 6) is -0.197. The lowest BCUT2D eigenvalue weighted by molar-refractivity contribution is 0.217. The van der Waals surface area contributed by atoms with Crippen molar-refractivity contribution in [2.75, 3.05) is 6.54 Å². The van der Waals surface area contributed by atoms with Gasteiger partial charge in [0.1, 0.15) is 17.2 Å². The number of rotatable bonds is 3. The molecule has 0 aliphatic carbocycles. The van der Waals surface area contributed by atoms with Crippen molar-refractivity contribution >= 4 is 22.7 Å². The smallest absolute Gasteiger partial charge is 0.209 e. The van der Waals surface area contributed by atoms with E-state index in [9.17, 15) is 8.78 Å². The highest BCUT2D eigenvalue weighted by Gasteiger charge is 2.25. The molecule has 0 radical (unpaired) electrons. The summed E-state index contributed by atoms with van der Waals surface area (Å²) in [7, 11) is 1.98. The van der Waals surface area contributed by atoms with Crippen LogP contribution in [0, 0.1) is 11.6 Å². The molecule has 0 amide bonds. The van der Waals surface area contributed by atoms with Gasteiger partial charge in [-0.2, -0.15) is 0 Å². The summed E-state index contributed by atoms with van der Waals surface area (Å²) in [5, 5.41) is 0.663. The molecule has 8 heteroatoms. The van der Waals surface area contributed by atoms with Crippen LogP contribution in [-0.4, -0.2) is 26.0 Å². The number of hydrogen-bond acceptors (Lipinski definition) is 4. The molecule has 1 aliphatic heterocycles. The Morgan fingerprint density at radius 3 is 2.83 bits per heavy atom. The van der Waals surface area contributed by atoms with Crippen molar-refractivity contribution in [3.63, 3.8) is 0 Å². The number of nitrogens with zero attached hydrogens (tertiary/aromatic N) is 4. The fourth-order valence-electron chi connectivity index (χ4n) is 3.82. The lowest BCUT2D eigenvalue weighted by Crippen LogP contribution is -2.31. The molecule has 0 N–H and O–H groups in total. The van der Waals surface area contributed by atoms with Crippen LogP contribution in [0.1, 0.15) is 17.3 Å². The van der Waals surface area contributed by atoms with Crippen LogP contribution in [0.4, 0.5) is 8.78 Å². The Kier molecular flexibility index (Phi) is 4.37. The van der Waals surface area contributed by atoms with E-state index < -0.39 is 11.6 Å². The third kappa shape index (κ3) is 3.20. The van der Waals surface area contributed by atoms with E-state index in [1.54, 1.807) is 0 Å². The van der Waals surface area contributed by atoms with Crippen LogP contribution >= 0.6 is 11.6 Å². The third-order valence-corrected chi connectivity index (χ3v) is 5.60. The number of halogens is 3. The predicted molar refractivity (Wildman–Crippen MR) is 105 cm³/mol. The molecule has 0 unspecified atom stereocenters. The second kappa shape index (κ2) is 6.93. The summed E-state index contributed by atoms with van der Waals surface area (Å²) in [6, 6.07) is 9.61. The summed E-state index contributed by atoms with van der Waals surface area (Å²) >= 11 is 6.35. The molecule has 2 aromatic heterocycles. The van der Waals surface area contributed by atoms with Crippen molar-refractivity contribution in [1.82, 2.24) is 19.4 Å². The second-order valence-electron chi connectivity index (χ2n) is 7.17. The monoisotopic (exact) mass is 414 g/mol. The van der Waals surface area contributed by atoms with E-state index in [0.717, 1.165) is 47.9 Å². The van der Waals surface area contributed by atoms with Gasteiger partial charge < -0.3 is 8.98 Å². The summed E-state index contributed by atoms with van der Waals surface area (Å²) < 4.78 is 34.9. The minimum Gasteiger partial charge on any atom is -0.439 e. The highest BCUT2D eigenvalue weighted by molar-refractivity contribution is 6.33. The van der Waals surface area contributed by atoms with Gasteiger partial charge in [-0.25, -0.2) is 18.7 Å². The van der Waals surface area contributed by atoms with Crippen LogP contribution in [0.5, 0.6) is 0 Å². The topological polar surface area (TPSA) is 47.1 Å². The maximum atomic E-state index is 13.9. The zero-order chi connectivity index (χ0) is 20.1. The fraction of sp³-hybridized carbons (Fsp3) is 0.238. The molecule has 0 saturated heterocycles. The average molecular weight is 415 g/mol. The molecule has 0 saturated carbocycles. The van der Waals surface area contributed by atoms with Crippen molar-refractivity contribution < 1.29 is 13.2 Å². The highest BCUT2D eigenvalue weighted by atomic mass is 35.5. The molecular weight excluding hydrogens is 398 g/mol. The van der Waals surface area contributed by atoms with Gasteiger partial charge in [-0.3, -0.25) is 4.90 Å². The van der Waals surface area contributed by atoms with Gasteiger partial charge in [0, 0.05) is 44.3 Å². The molecule has 148 valence electrons. The Bertz CT molecular complexity index is 1230. The van der Waals surface area contributed by atoms with E-state index in [1.807, 2.05) is 31.3 Å². The predicted octanol–water partition coefficient (Wildman–Crippen LogP) is 4.72. The van der Waals surface area contributed by atoms with Crippen molar-refractivity contribution in [3.05, 3.63) is 70.3 Å². The molecule has 2 aromatic carbocycles. The average Bonchev–Trinajstić information content (AvgIpc) is 3.23. The first-order valence-electron chi connectivity index (χ1n) is 9.26. The first-order chi connectivity index (χ1) is 14.0. The zero-order valence-electron chi connectivity index (χ0n) is 15.6. The lowest BCUT2D eigenvalue weighted by atomic mass is 10.1. The number of aromatic nitrogens is 3. The molecule has 29 heavy (non-hydrogen) atoms. The molecule has 3 heterocycles. The second-order valence-corrected chi connectivity index (χ2v) is 7.58. The SMILES string of the molecule is Cn1c(-c2ccccc2Cl)nc2c1CN(Cc1nc3c(F)cc(F)cc3o1)CC2. The van der Waals surface area contributed by atoms with Gasteiger partial charge in [0.2, 0.25) is 5.89 Å². The maximum absolute atomic E-state index is 13.9. The highest BCUT2D eigenvalue weighted by Crippen LogP contribution is 2.31. The Morgan fingerprint density at radius 1 is 1.17 bits per heavy atom. The third-order valence-electron chi connectivity index (χ3n) is 5.27. The summed E-state index contributed by atoms with van der Waals surface area (Å²) in [6.45, 7) is 1.82. The van der Waals surface area contributed by atoms with Gasteiger partial charge in [0.15, 0.2) is 11.4 Å². The first-order valence-corrected chi connectivity index (χ1v) is 9.63. The van der Waals surface area contributed by atoms with E-state index in [1.165, 1.54) is 0 Å². The van der Waals surface area contributed by atoms with E-state index >= 15 is 0 Å². The van der Waals surface area contributed by atoms with Crippen molar-refractivity contribution in [3.8, 4) is 11.4 Å². The van der Waals surface area contributed by atoms with Crippen molar-refractivity contribution in [2.24, 2.45) is 7.05 Å². The largest absolute Gasteiger partial charge is 0.439 e. The molecule has 0 bridgehead atoms. The summed E-state index contributed by atoms with van der Waals surface area (Å²) in [4.78, 5) is 11.2. The molecule has 4 aromatic rings. The molecule has 0 atom stereocenters. The fourth-order valence-corrected chi connectivity index (χ4v) is 4.04. The molecule has 5 nitrogen and oxygen atoms in total. The Morgan fingerprint density at radius 2 is 2.00 bits per heavy atom. The van der Waals surface area contributed by atoms with Gasteiger partial charge in [0.05, 0.1) is 23.0 Å². The molecule has 0 spiro atoms. The molecule has 1 aliphatic rings. The molecule has 5 rings (SSSR count). The van der Waals surface area contributed by atoms with Crippen LogP contribution in [0.3, 0.4) is 0 Å². The number of hydrogen-bond donors (Lipinski definition) is 0. The number of benzene rings is 2. The first kappa shape index (κ1) is 18.3. The zero-order valence-corrected chi connectivity index (χ0v) is 16.4. The van der Waals surface area contributed by atoms with Crippen LogP contribution in [0.15, 0.2) is 40.8 Å². The Hall–Kier alpha value is -2.77. The maximum Gasteiger partial charge on any atom is 0.209 e. The molecular formula is C21H17ClF2N4O.